The summed E-state index contributed by atoms with van der Waals surface area (Å²) >= 11 is 0. The molecule has 0 aliphatic rings. The van der Waals surface area contributed by atoms with E-state index in [9.17, 15) is 9.59 Å². The largest absolute Gasteiger partial charge is 0.462 e. The molecule has 0 aromatic carbocycles. The minimum absolute atomic E-state index is 0.216. The molecule has 0 saturated heterocycles. The number of aromatic nitrogens is 4. The van der Waals surface area contributed by atoms with Gasteiger partial charge >= 0.3 is 5.97 Å². The van der Waals surface area contributed by atoms with E-state index in [4.69, 9.17) is 4.74 Å². The lowest BCUT2D eigenvalue weighted by Crippen LogP contribution is -2.19. The van der Waals surface area contributed by atoms with Gasteiger partial charge in [0.2, 0.25) is 5.91 Å². The molecule has 1 N–H and O–H groups in total. The van der Waals surface area contributed by atoms with Crippen molar-refractivity contribution in [2.24, 2.45) is 7.05 Å². The molecule has 2 rings (SSSR count). The van der Waals surface area contributed by atoms with Crippen LogP contribution in [0.5, 0.6) is 0 Å². The van der Waals surface area contributed by atoms with Crippen LogP contribution >= 0.6 is 0 Å². The first-order chi connectivity index (χ1) is 10.9. The summed E-state index contributed by atoms with van der Waals surface area (Å²) in [6.45, 7) is 6.31. The normalized spacial score (nSPS) is 10.6. The van der Waals surface area contributed by atoms with Crippen LogP contribution in [0.4, 0.5) is 5.82 Å². The van der Waals surface area contributed by atoms with E-state index >= 15 is 0 Å². The van der Waals surface area contributed by atoms with Crippen LogP contribution in [0.25, 0.3) is 0 Å². The maximum atomic E-state index is 12.1. The number of esters is 1. The average Bonchev–Trinajstić information content (AvgIpc) is 3.00. The lowest BCUT2D eigenvalue weighted by atomic mass is 10.3. The highest BCUT2D eigenvalue weighted by molar-refractivity contribution is 6.00. The number of carbonyl (C=O) groups excluding carboxylic acids is 2. The number of aryl methyl sites for hydroxylation is 4. The topological polar surface area (TPSA) is 91.0 Å². The Kier molecular flexibility index (Phi) is 5.15. The van der Waals surface area contributed by atoms with Gasteiger partial charge in [0.05, 0.1) is 18.5 Å². The smallest absolute Gasteiger partial charge is 0.343 e. The number of nitrogens with one attached hydrogen (secondary N) is 1. The number of hydrogen-bond acceptors (Lipinski definition) is 5. The van der Waals surface area contributed by atoms with Crippen molar-refractivity contribution >= 4 is 17.7 Å². The summed E-state index contributed by atoms with van der Waals surface area (Å²) in [5.74, 6) is -0.386. The number of amides is 1. The van der Waals surface area contributed by atoms with Crippen molar-refractivity contribution < 1.29 is 14.3 Å². The molecule has 0 unspecified atom stereocenters. The Labute approximate surface area is 134 Å². The van der Waals surface area contributed by atoms with Crippen molar-refractivity contribution in [1.29, 1.82) is 0 Å². The Morgan fingerprint density at radius 3 is 2.70 bits per heavy atom. The zero-order chi connectivity index (χ0) is 17.0. The second kappa shape index (κ2) is 7.08. The molecule has 0 radical (unpaired) electrons. The van der Waals surface area contributed by atoms with Crippen molar-refractivity contribution in [3.63, 3.8) is 0 Å². The number of ether oxygens (including phenoxy) is 1. The molecule has 0 atom stereocenters. The van der Waals surface area contributed by atoms with E-state index < -0.39 is 5.97 Å². The van der Waals surface area contributed by atoms with Crippen LogP contribution in [0, 0.1) is 13.8 Å². The predicted molar refractivity (Wildman–Crippen MR) is 84.1 cm³/mol. The third kappa shape index (κ3) is 3.97. The summed E-state index contributed by atoms with van der Waals surface area (Å²) in [5, 5.41) is 11.0. The summed E-state index contributed by atoms with van der Waals surface area (Å²) < 4.78 is 8.17. The van der Waals surface area contributed by atoms with E-state index in [1.165, 1.54) is 10.9 Å². The van der Waals surface area contributed by atoms with Gasteiger partial charge in [-0.25, -0.2) is 4.79 Å². The Balaban J connectivity index is 2.01. The predicted octanol–water partition coefficient (Wildman–Crippen LogP) is 1.44. The molecule has 23 heavy (non-hydrogen) atoms. The van der Waals surface area contributed by atoms with E-state index in [1.807, 2.05) is 19.9 Å². The second-order valence-corrected chi connectivity index (χ2v) is 5.20. The lowest BCUT2D eigenvalue weighted by molar-refractivity contribution is -0.116. The number of anilines is 1. The standard InChI is InChI=1S/C15H21N5O3/c1-5-23-15(22)12-9-16-19(4)14(12)17-13(21)6-7-20-11(3)8-10(2)18-20/h8-9H,5-7H2,1-4H3,(H,17,21). The van der Waals surface area contributed by atoms with Crippen LogP contribution in [0.1, 0.15) is 35.1 Å². The van der Waals surface area contributed by atoms with E-state index in [1.54, 1.807) is 18.7 Å². The molecule has 2 aromatic heterocycles. The van der Waals surface area contributed by atoms with Gasteiger partial charge in [-0.1, -0.05) is 0 Å². The highest BCUT2D eigenvalue weighted by atomic mass is 16.5. The van der Waals surface area contributed by atoms with Crippen LogP contribution in [0.3, 0.4) is 0 Å². The molecule has 124 valence electrons. The van der Waals surface area contributed by atoms with Gasteiger partial charge in [-0.15, -0.1) is 0 Å². The van der Waals surface area contributed by atoms with Gasteiger partial charge in [-0.2, -0.15) is 10.2 Å². The first-order valence-corrected chi connectivity index (χ1v) is 7.42. The maximum absolute atomic E-state index is 12.1. The fraction of sp³-hybridized carbons (Fsp3) is 0.467. The number of nitrogens with zero attached hydrogens (tertiary/aromatic N) is 4. The van der Waals surface area contributed by atoms with Gasteiger partial charge in [0.25, 0.3) is 0 Å². The first-order valence-electron chi connectivity index (χ1n) is 7.42. The van der Waals surface area contributed by atoms with Gasteiger partial charge in [-0.3, -0.25) is 14.2 Å². The van der Waals surface area contributed by atoms with Crippen molar-refractivity contribution in [3.8, 4) is 0 Å². The van der Waals surface area contributed by atoms with Crippen LogP contribution in [-0.2, 0) is 23.1 Å². The molecule has 8 heteroatoms. The minimum atomic E-state index is -0.505. The lowest BCUT2D eigenvalue weighted by Gasteiger charge is -2.09. The monoisotopic (exact) mass is 319 g/mol. The first kappa shape index (κ1) is 16.7. The minimum Gasteiger partial charge on any atom is -0.462 e. The fourth-order valence-corrected chi connectivity index (χ4v) is 2.25. The molecule has 0 aliphatic heterocycles. The van der Waals surface area contributed by atoms with Crippen molar-refractivity contribution in [2.75, 3.05) is 11.9 Å². The highest BCUT2D eigenvalue weighted by Gasteiger charge is 2.19. The fourth-order valence-electron chi connectivity index (χ4n) is 2.25. The second-order valence-electron chi connectivity index (χ2n) is 5.20. The molecule has 0 aliphatic carbocycles. The molecule has 0 saturated carbocycles. The molecule has 2 heterocycles. The summed E-state index contributed by atoms with van der Waals surface area (Å²) in [7, 11) is 1.65. The third-order valence-electron chi connectivity index (χ3n) is 3.35. The van der Waals surface area contributed by atoms with E-state index in [0.717, 1.165) is 11.4 Å². The Bertz CT molecular complexity index is 717. The van der Waals surface area contributed by atoms with Crippen molar-refractivity contribution in [1.82, 2.24) is 19.6 Å². The Morgan fingerprint density at radius 2 is 2.09 bits per heavy atom. The van der Waals surface area contributed by atoms with Gasteiger partial charge in [-0.05, 0) is 26.8 Å². The van der Waals surface area contributed by atoms with Gasteiger partial charge in [0.15, 0.2) is 0 Å². The summed E-state index contributed by atoms with van der Waals surface area (Å²) in [4.78, 5) is 24.0. The van der Waals surface area contributed by atoms with Crippen LogP contribution < -0.4 is 5.32 Å². The molecule has 1 amide bonds. The highest BCUT2D eigenvalue weighted by Crippen LogP contribution is 2.16. The molecule has 2 aromatic rings. The van der Waals surface area contributed by atoms with Crippen LogP contribution in [0.15, 0.2) is 12.3 Å². The van der Waals surface area contributed by atoms with E-state index in [2.05, 4.69) is 15.5 Å². The van der Waals surface area contributed by atoms with E-state index in [-0.39, 0.29) is 24.5 Å². The summed E-state index contributed by atoms with van der Waals surface area (Å²) in [6, 6.07) is 1.96. The number of rotatable bonds is 6. The molecular weight excluding hydrogens is 298 g/mol. The van der Waals surface area contributed by atoms with Gasteiger partial charge < -0.3 is 10.1 Å². The quantitative estimate of drug-likeness (QED) is 0.814. The zero-order valence-electron chi connectivity index (χ0n) is 13.8. The van der Waals surface area contributed by atoms with Crippen LogP contribution in [0.2, 0.25) is 0 Å². The van der Waals surface area contributed by atoms with Crippen LogP contribution in [-0.4, -0.2) is 38.0 Å². The zero-order valence-corrected chi connectivity index (χ0v) is 13.8. The number of hydrogen-bond donors (Lipinski definition) is 1. The molecule has 0 fully saturated rings. The van der Waals surface area contributed by atoms with Gasteiger partial charge in [0.1, 0.15) is 11.4 Å². The Morgan fingerprint density at radius 1 is 1.35 bits per heavy atom. The molecule has 0 spiro atoms. The summed E-state index contributed by atoms with van der Waals surface area (Å²) in [6.07, 6.45) is 1.63. The molecule has 8 nitrogen and oxygen atoms in total. The van der Waals surface area contributed by atoms with E-state index in [0.29, 0.717) is 12.4 Å². The van der Waals surface area contributed by atoms with Crippen molar-refractivity contribution in [2.45, 2.75) is 33.7 Å². The Hall–Kier alpha value is -2.64. The van der Waals surface area contributed by atoms with Crippen molar-refractivity contribution in [3.05, 3.63) is 29.2 Å². The average molecular weight is 319 g/mol. The SMILES string of the molecule is CCOC(=O)c1cnn(C)c1NC(=O)CCn1nc(C)cc1C. The number of carbonyl (C=O) groups is 2. The molecular formula is C15H21N5O3. The summed E-state index contributed by atoms with van der Waals surface area (Å²) in [5.41, 5.74) is 2.16. The maximum Gasteiger partial charge on any atom is 0.343 e. The molecule has 0 bridgehead atoms. The third-order valence-corrected chi connectivity index (χ3v) is 3.35. The van der Waals surface area contributed by atoms with Gasteiger partial charge in [0, 0.05) is 25.7 Å².